The Labute approximate surface area is 120 Å². The third-order valence-electron chi connectivity index (χ3n) is 2.78. The Balaban J connectivity index is 1.87. The van der Waals surface area contributed by atoms with Gasteiger partial charge in [0.25, 0.3) is 0 Å². The van der Waals surface area contributed by atoms with E-state index < -0.39 is 0 Å². The second-order valence-electron chi connectivity index (χ2n) is 4.22. The molecule has 2 aromatic rings. The average molecular weight is 323 g/mol. The Morgan fingerprint density at radius 1 is 1.47 bits per heavy atom. The zero-order valence-corrected chi connectivity index (χ0v) is 12.2. The molecule has 2 rings (SSSR count). The summed E-state index contributed by atoms with van der Waals surface area (Å²) in [6.45, 7) is 2.50. The fourth-order valence-electron chi connectivity index (χ4n) is 1.78. The standard InChI is InChI=1S/C13H15BrN4O/c1-10(11-4-2-3-5-12(11)14)17-13(19)6-7-18-9-15-8-16-18/h2-5,8-10H,6-7H2,1H3,(H,17,19). The maximum absolute atomic E-state index is 11.8. The van der Waals surface area contributed by atoms with Gasteiger partial charge in [0.1, 0.15) is 12.7 Å². The van der Waals surface area contributed by atoms with Gasteiger partial charge in [-0.15, -0.1) is 0 Å². The minimum Gasteiger partial charge on any atom is -0.349 e. The number of aryl methyl sites for hydroxylation is 1. The SMILES string of the molecule is CC(NC(=O)CCn1cncn1)c1ccccc1Br. The molecule has 1 N–H and O–H groups in total. The Morgan fingerprint density at radius 3 is 2.95 bits per heavy atom. The number of nitrogens with zero attached hydrogens (tertiary/aromatic N) is 3. The summed E-state index contributed by atoms with van der Waals surface area (Å²) in [5.74, 6) is -0.00115. The molecular formula is C13H15BrN4O. The maximum Gasteiger partial charge on any atom is 0.222 e. The summed E-state index contributed by atoms with van der Waals surface area (Å²) in [6, 6.07) is 7.84. The van der Waals surface area contributed by atoms with Gasteiger partial charge in [0.2, 0.25) is 5.91 Å². The summed E-state index contributed by atoms with van der Waals surface area (Å²) >= 11 is 3.48. The first kappa shape index (κ1) is 13.7. The van der Waals surface area contributed by atoms with Gasteiger partial charge in [-0.05, 0) is 18.6 Å². The Bertz CT molecular complexity index is 541. The van der Waals surface area contributed by atoms with Crippen molar-refractivity contribution in [3.8, 4) is 0 Å². The van der Waals surface area contributed by atoms with Gasteiger partial charge in [-0.1, -0.05) is 34.1 Å². The maximum atomic E-state index is 11.8. The highest BCUT2D eigenvalue weighted by molar-refractivity contribution is 9.10. The van der Waals surface area contributed by atoms with Crippen LogP contribution in [-0.2, 0) is 11.3 Å². The highest BCUT2D eigenvalue weighted by atomic mass is 79.9. The van der Waals surface area contributed by atoms with Crippen LogP contribution in [0.2, 0.25) is 0 Å². The third-order valence-corrected chi connectivity index (χ3v) is 3.51. The van der Waals surface area contributed by atoms with Crippen LogP contribution in [0.5, 0.6) is 0 Å². The van der Waals surface area contributed by atoms with E-state index in [4.69, 9.17) is 0 Å². The van der Waals surface area contributed by atoms with Crippen LogP contribution in [0.25, 0.3) is 0 Å². The lowest BCUT2D eigenvalue weighted by Crippen LogP contribution is -2.27. The molecule has 0 aliphatic rings. The van der Waals surface area contributed by atoms with Crippen molar-refractivity contribution < 1.29 is 4.79 Å². The van der Waals surface area contributed by atoms with E-state index in [0.29, 0.717) is 13.0 Å². The van der Waals surface area contributed by atoms with Crippen LogP contribution in [-0.4, -0.2) is 20.7 Å². The number of aromatic nitrogens is 3. The number of rotatable bonds is 5. The van der Waals surface area contributed by atoms with Crippen molar-refractivity contribution in [2.75, 3.05) is 0 Å². The molecule has 1 atom stereocenters. The first-order chi connectivity index (χ1) is 9.16. The largest absolute Gasteiger partial charge is 0.349 e. The lowest BCUT2D eigenvalue weighted by molar-refractivity contribution is -0.122. The van der Waals surface area contributed by atoms with E-state index >= 15 is 0 Å². The van der Waals surface area contributed by atoms with Crippen molar-refractivity contribution in [2.45, 2.75) is 25.9 Å². The normalized spacial score (nSPS) is 12.1. The van der Waals surface area contributed by atoms with Crippen molar-refractivity contribution in [2.24, 2.45) is 0 Å². The molecule has 1 amide bonds. The van der Waals surface area contributed by atoms with E-state index in [1.807, 2.05) is 31.2 Å². The zero-order valence-electron chi connectivity index (χ0n) is 10.6. The fourth-order valence-corrected chi connectivity index (χ4v) is 2.41. The average Bonchev–Trinajstić information content (AvgIpc) is 2.90. The second-order valence-corrected chi connectivity index (χ2v) is 5.07. The molecule has 100 valence electrons. The molecule has 0 fully saturated rings. The molecule has 5 nitrogen and oxygen atoms in total. The van der Waals surface area contributed by atoms with Crippen molar-refractivity contribution >= 4 is 21.8 Å². The van der Waals surface area contributed by atoms with Gasteiger partial charge in [0.15, 0.2) is 0 Å². The molecule has 6 heteroatoms. The molecule has 0 radical (unpaired) electrons. The number of hydrogen-bond acceptors (Lipinski definition) is 3. The molecule has 0 bridgehead atoms. The molecule has 19 heavy (non-hydrogen) atoms. The number of hydrogen-bond donors (Lipinski definition) is 1. The summed E-state index contributed by atoms with van der Waals surface area (Å²) in [6.07, 6.45) is 3.45. The van der Waals surface area contributed by atoms with E-state index in [1.54, 1.807) is 11.0 Å². The summed E-state index contributed by atoms with van der Waals surface area (Å²) < 4.78 is 2.64. The summed E-state index contributed by atoms with van der Waals surface area (Å²) in [5.41, 5.74) is 1.07. The first-order valence-corrected chi connectivity index (χ1v) is 6.82. The Kier molecular flexibility index (Phi) is 4.68. The van der Waals surface area contributed by atoms with Crippen LogP contribution in [0.1, 0.15) is 24.9 Å². The predicted molar refractivity (Wildman–Crippen MR) is 75.3 cm³/mol. The van der Waals surface area contributed by atoms with Crippen molar-refractivity contribution in [3.05, 3.63) is 47.0 Å². The van der Waals surface area contributed by atoms with Crippen LogP contribution in [0, 0.1) is 0 Å². The zero-order chi connectivity index (χ0) is 13.7. The molecule has 0 spiro atoms. The minimum atomic E-state index is -0.0289. The molecule has 1 heterocycles. The number of carbonyl (C=O) groups excluding carboxylic acids is 1. The predicted octanol–water partition coefficient (Wildman–Crippen LogP) is 2.31. The van der Waals surface area contributed by atoms with Gasteiger partial charge in [-0.25, -0.2) is 4.98 Å². The van der Waals surface area contributed by atoms with E-state index in [2.05, 4.69) is 31.3 Å². The monoisotopic (exact) mass is 322 g/mol. The fraction of sp³-hybridized carbons (Fsp3) is 0.308. The summed E-state index contributed by atoms with van der Waals surface area (Å²) in [4.78, 5) is 15.7. The summed E-state index contributed by atoms with van der Waals surface area (Å²) in [7, 11) is 0. The topological polar surface area (TPSA) is 59.8 Å². The van der Waals surface area contributed by atoms with Crippen molar-refractivity contribution in [3.63, 3.8) is 0 Å². The Morgan fingerprint density at radius 2 is 2.26 bits per heavy atom. The van der Waals surface area contributed by atoms with E-state index in [0.717, 1.165) is 10.0 Å². The molecule has 1 unspecified atom stereocenters. The van der Waals surface area contributed by atoms with Gasteiger partial charge in [0, 0.05) is 10.9 Å². The molecule has 0 aliphatic carbocycles. The number of benzene rings is 1. The number of nitrogens with one attached hydrogen (secondary N) is 1. The number of carbonyl (C=O) groups is 1. The van der Waals surface area contributed by atoms with Crippen LogP contribution >= 0.6 is 15.9 Å². The van der Waals surface area contributed by atoms with Crippen molar-refractivity contribution in [1.29, 1.82) is 0 Å². The minimum absolute atomic E-state index is 0.00115. The third kappa shape index (κ3) is 3.89. The first-order valence-electron chi connectivity index (χ1n) is 6.03. The molecule has 0 saturated carbocycles. The van der Waals surface area contributed by atoms with E-state index in [1.165, 1.54) is 6.33 Å². The highest BCUT2D eigenvalue weighted by Gasteiger charge is 2.11. The lowest BCUT2D eigenvalue weighted by Gasteiger charge is -2.15. The summed E-state index contributed by atoms with van der Waals surface area (Å²) in [5, 5.41) is 6.93. The molecular weight excluding hydrogens is 308 g/mol. The van der Waals surface area contributed by atoms with Gasteiger partial charge in [0.05, 0.1) is 12.6 Å². The molecule has 0 aliphatic heterocycles. The highest BCUT2D eigenvalue weighted by Crippen LogP contribution is 2.22. The van der Waals surface area contributed by atoms with E-state index in [-0.39, 0.29) is 11.9 Å². The van der Waals surface area contributed by atoms with Crippen molar-refractivity contribution in [1.82, 2.24) is 20.1 Å². The molecule has 1 aromatic heterocycles. The van der Waals surface area contributed by atoms with Gasteiger partial charge < -0.3 is 5.32 Å². The van der Waals surface area contributed by atoms with Gasteiger partial charge in [-0.2, -0.15) is 5.10 Å². The van der Waals surface area contributed by atoms with Crippen LogP contribution in [0.3, 0.4) is 0 Å². The quantitative estimate of drug-likeness (QED) is 0.918. The van der Waals surface area contributed by atoms with Crippen LogP contribution < -0.4 is 5.32 Å². The van der Waals surface area contributed by atoms with E-state index in [9.17, 15) is 4.79 Å². The smallest absolute Gasteiger partial charge is 0.222 e. The lowest BCUT2D eigenvalue weighted by atomic mass is 10.1. The van der Waals surface area contributed by atoms with Gasteiger partial charge >= 0.3 is 0 Å². The van der Waals surface area contributed by atoms with Crippen LogP contribution in [0.15, 0.2) is 41.4 Å². The molecule has 1 aromatic carbocycles. The Hall–Kier alpha value is -1.69. The van der Waals surface area contributed by atoms with Gasteiger partial charge in [-0.3, -0.25) is 9.48 Å². The molecule has 0 saturated heterocycles. The number of amides is 1. The number of halogens is 1. The second kappa shape index (κ2) is 6.47. The van der Waals surface area contributed by atoms with Crippen LogP contribution in [0.4, 0.5) is 0 Å².